The van der Waals surface area contributed by atoms with Crippen LogP contribution in [0.5, 0.6) is 0 Å². The van der Waals surface area contributed by atoms with Gasteiger partial charge in [0.25, 0.3) is 10.2 Å². The topological polar surface area (TPSA) is 52.7 Å². The maximum absolute atomic E-state index is 12.7. The Kier molecular flexibility index (Phi) is 5.00. The highest BCUT2D eigenvalue weighted by Crippen LogP contribution is 2.31. The minimum Gasteiger partial charge on any atom is -0.319 e. The number of nitrogens with zero attached hydrogens (tertiary/aromatic N) is 2. The summed E-state index contributed by atoms with van der Waals surface area (Å²) in [4.78, 5) is 0. The molecule has 0 amide bonds. The van der Waals surface area contributed by atoms with Gasteiger partial charge in [0, 0.05) is 25.7 Å². The van der Waals surface area contributed by atoms with E-state index in [1.165, 1.54) is 0 Å². The summed E-state index contributed by atoms with van der Waals surface area (Å²) in [7, 11) is -1.39. The lowest BCUT2D eigenvalue weighted by atomic mass is 10.00. The molecule has 1 aliphatic heterocycles. The van der Waals surface area contributed by atoms with E-state index in [4.69, 9.17) is 0 Å². The van der Waals surface area contributed by atoms with Gasteiger partial charge in [-0.05, 0) is 45.2 Å². The first-order chi connectivity index (χ1) is 9.09. The van der Waals surface area contributed by atoms with E-state index in [9.17, 15) is 8.42 Å². The van der Waals surface area contributed by atoms with Gasteiger partial charge in [-0.3, -0.25) is 0 Å². The molecule has 1 heterocycles. The molecule has 1 aliphatic carbocycles. The Hall–Kier alpha value is -0.430. The van der Waals surface area contributed by atoms with Gasteiger partial charge in [-0.25, -0.2) is 0 Å². The molecule has 0 bridgehead atoms. The van der Waals surface area contributed by atoms with Crippen LogP contribution in [-0.2, 0) is 10.2 Å². The average Bonchev–Trinajstić information content (AvgIpc) is 3.21. The van der Waals surface area contributed by atoms with Gasteiger partial charge in [-0.15, -0.1) is 6.58 Å². The van der Waals surface area contributed by atoms with Crippen LogP contribution in [0.1, 0.15) is 25.7 Å². The van der Waals surface area contributed by atoms with Crippen molar-refractivity contribution in [3.05, 3.63) is 12.7 Å². The van der Waals surface area contributed by atoms with E-state index in [-0.39, 0.29) is 6.04 Å². The van der Waals surface area contributed by atoms with Crippen LogP contribution < -0.4 is 5.32 Å². The number of rotatable bonds is 7. The summed E-state index contributed by atoms with van der Waals surface area (Å²) in [5.41, 5.74) is 0. The molecule has 19 heavy (non-hydrogen) atoms. The van der Waals surface area contributed by atoms with Gasteiger partial charge in [0.2, 0.25) is 0 Å². The predicted molar refractivity (Wildman–Crippen MR) is 77.1 cm³/mol. The van der Waals surface area contributed by atoms with Crippen molar-refractivity contribution in [1.82, 2.24) is 13.9 Å². The molecular formula is C13H25N3O2S. The summed E-state index contributed by atoms with van der Waals surface area (Å²) in [6.45, 7) is 6.29. The first-order valence-electron chi connectivity index (χ1n) is 7.12. The molecule has 0 aromatic heterocycles. The maximum Gasteiger partial charge on any atom is 0.282 e. The van der Waals surface area contributed by atoms with Crippen molar-refractivity contribution >= 4 is 10.2 Å². The zero-order valence-electron chi connectivity index (χ0n) is 11.7. The van der Waals surface area contributed by atoms with Gasteiger partial charge in [-0.1, -0.05) is 6.08 Å². The fraction of sp³-hybridized carbons (Fsp3) is 0.846. The molecular weight excluding hydrogens is 262 g/mol. The summed E-state index contributed by atoms with van der Waals surface area (Å²) in [6, 6.07) is 0.202. The number of nitrogens with one attached hydrogen (secondary N) is 1. The lowest BCUT2D eigenvalue weighted by molar-refractivity contribution is 0.245. The molecule has 5 nitrogen and oxygen atoms in total. The van der Waals surface area contributed by atoms with Gasteiger partial charge in [-0.2, -0.15) is 17.0 Å². The van der Waals surface area contributed by atoms with Crippen molar-refractivity contribution < 1.29 is 8.42 Å². The molecule has 6 heteroatoms. The molecule has 1 saturated heterocycles. The van der Waals surface area contributed by atoms with Crippen LogP contribution in [0.15, 0.2) is 12.7 Å². The predicted octanol–water partition coefficient (Wildman–Crippen LogP) is 0.813. The largest absolute Gasteiger partial charge is 0.319 e. The minimum atomic E-state index is -3.31. The first kappa shape index (κ1) is 15.0. The van der Waals surface area contributed by atoms with Crippen LogP contribution in [0, 0.1) is 5.92 Å². The van der Waals surface area contributed by atoms with Crippen LogP contribution in [0.2, 0.25) is 0 Å². The summed E-state index contributed by atoms with van der Waals surface area (Å²) < 4.78 is 28.7. The Labute approximate surface area is 116 Å². The third kappa shape index (κ3) is 3.56. The number of piperidine rings is 1. The zero-order chi connectivity index (χ0) is 13.9. The maximum atomic E-state index is 12.7. The quantitative estimate of drug-likeness (QED) is 0.705. The zero-order valence-corrected chi connectivity index (χ0v) is 12.5. The van der Waals surface area contributed by atoms with Gasteiger partial charge < -0.3 is 5.32 Å². The smallest absolute Gasteiger partial charge is 0.282 e. The van der Waals surface area contributed by atoms with Crippen molar-refractivity contribution in [2.24, 2.45) is 5.92 Å². The molecule has 110 valence electrons. The van der Waals surface area contributed by atoms with Crippen molar-refractivity contribution in [1.29, 1.82) is 0 Å². The minimum absolute atomic E-state index is 0.202. The monoisotopic (exact) mass is 287 g/mol. The van der Waals surface area contributed by atoms with Crippen LogP contribution in [0.25, 0.3) is 0 Å². The summed E-state index contributed by atoms with van der Waals surface area (Å²) in [6.07, 6.45) is 5.72. The van der Waals surface area contributed by atoms with Gasteiger partial charge in [0.1, 0.15) is 0 Å². The molecule has 1 atom stereocenters. The highest BCUT2D eigenvalue weighted by atomic mass is 32.2. The molecule has 2 rings (SSSR count). The van der Waals surface area contributed by atoms with Gasteiger partial charge in [0.05, 0.1) is 0 Å². The highest BCUT2D eigenvalue weighted by molar-refractivity contribution is 7.86. The van der Waals surface area contributed by atoms with Gasteiger partial charge >= 0.3 is 0 Å². The van der Waals surface area contributed by atoms with Crippen LogP contribution >= 0.6 is 0 Å². The van der Waals surface area contributed by atoms with E-state index < -0.39 is 10.2 Å². The molecule has 0 radical (unpaired) electrons. The highest BCUT2D eigenvalue weighted by Gasteiger charge is 2.40. The standard InChI is InChI=1S/C13H25N3O2S/c1-3-8-16(13-6-7-13)19(17,18)15-9-4-5-12(11-15)10-14-2/h3,12-14H,1,4-11H2,2H3. The van der Waals surface area contributed by atoms with Crippen LogP contribution in [0.3, 0.4) is 0 Å². The van der Waals surface area contributed by atoms with Crippen molar-refractivity contribution in [2.75, 3.05) is 33.2 Å². The van der Waals surface area contributed by atoms with E-state index in [1.54, 1.807) is 14.7 Å². The lowest BCUT2D eigenvalue weighted by Gasteiger charge is -2.35. The molecule has 0 aromatic carbocycles. The van der Waals surface area contributed by atoms with Crippen molar-refractivity contribution in [3.8, 4) is 0 Å². The van der Waals surface area contributed by atoms with E-state index in [0.717, 1.165) is 32.2 Å². The van der Waals surface area contributed by atoms with Crippen LogP contribution in [0.4, 0.5) is 0 Å². The van der Waals surface area contributed by atoms with E-state index in [0.29, 0.717) is 25.6 Å². The Bertz CT molecular complexity index is 404. The second-order valence-electron chi connectivity index (χ2n) is 5.52. The fourth-order valence-electron chi connectivity index (χ4n) is 2.76. The SMILES string of the molecule is C=CCN(C1CC1)S(=O)(=O)N1CCCC(CNC)C1. The summed E-state index contributed by atoms with van der Waals surface area (Å²) in [5, 5.41) is 3.15. The second-order valence-corrected chi connectivity index (χ2v) is 7.40. The Morgan fingerprint density at radius 3 is 2.74 bits per heavy atom. The number of hydrogen-bond donors (Lipinski definition) is 1. The summed E-state index contributed by atoms with van der Waals surface area (Å²) >= 11 is 0. The molecule has 1 unspecified atom stereocenters. The average molecular weight is 287 g/mol. The second kappa shape index (κ2) is 6.35. The molecule has 1 N–H and O–H groups in total. The van der Waals surface area contributed by atoms with Crippen molar-refractivity contribution in [3.63, 3.8) is 0 Å². The molecule has 0 aromatic rings. The molecule has 0 spiro atoms. The van der Waals surface area contributed by atoms with Crippen molar-refractivity contribution in [2.45, 2.75) is 31.7 Å². The number of hydrogen-bond acceptors (Lipinski definition) is 3. The summed E-state index contributed by atoms with van der Waals surface area (Å²) in [5.74, 6) is 0.429. The first-order valence-corrected chi connectivity index (χ1v) is 8.51. The molecule has 2 aliphatic rings. The Morgan fingerprint density at radius 2 is 2.16 bits per heavy atom. The lowest BCUT2D eigenvalue weighted by Crippen LogP contribution is -2.49. The van der Waals surface area contributed by atoms with Crippen LogP contribution in [-0.4, -0.2) is 56.3 Å². The third-order valence-corrected chi connectivity index (χ3v) is 5.88. The van der Waals surface area contributed by atoms with E-state index in [2.05, 4.69) is 11.9 Å². The van der Waals surface area contributed by atoms with E-state index >= 15 is 0 Å². The van der Waals surface area contributed by atoms with Gasteiger partial charge in [0.15, 0.2) is 0 Å². The molecule has 1 saturated carbocycles. The normalized spacial score (nSPS) is 25.7. The fourth-order valence-corrected chi connectivity index (χ4v) is 4.70. The Balaban J connectivity index is 2.06. The van der Waals surface area contributed by atoms with E-state index in [1.807, 2.05) is 7.05 Å². The molecule has 2 fully saturated rings. The third-order valence-electron chi connectivity index (χ3n) is 3.86. The Morgan fingerprint density at radius 1 is 1.42 bits per heavy atom.